The van der Waals surface area contributed by atoms with Crippen LogP contribution in [-0.4, -0.2) is 40.6 Å². The smallest absolute Gasteiger partial charge is 0.249 e. The van der Waals surface area contributed by atoms with Crippen LogP contribution in [0.25, 0.3) is 11.6 Å². The largest absolute Gasteiger partial charge is 0.338 e. The predicted molar refractivity (Wildman–Crippen MR) is 105 cm³/mol. The van der Waals surface area contributed by atoms with Crippen LogP contribution in [0, 0.1) is 11.8 Å². The molecule has 1 aromatic rings. The zero-order chi connectivity index (χ0) is 20.2. The van der Waals surface area contributed by atoms with Gasteiger partial charge in [0, 0.05) is 61.9 Å². The summed E-state index contributed by atoms with van der Waals surface area (Å²) in [4.78, 5) is 31.1. The third-order valence-corrected chi connectivity index (χ3v) is 6.48. The fourth-order valence-corrected chi connectivity index (χ4v) is 4.59. The first-order chi connectivity index (χ1) is 13.9. The Labute approximate surface area is 168 Å². The molecule has 1 amide bonds. The standard InChI is InChI=1S/C23H24F2N2O2/c24-23(25)12-16(13-23)22(29)27-8-6-14(7-9-27)19-10-17(11-21(28)15-4-5-15)26-20-3-1-2-18(19)20/h1-2,6,10,15-16H,3-5,7-9,11-13H2. The van der Waals surface area contributed by atoms with Crippen molar-refractivity contribution < 1.29 is 18.4 Å². The van der Waals surface area contributed by atoms with Crippen LogP contribution < -0.4 is 0 Å². The van der Waals surface area contributed by atoms with Gasteiger partial charge >= 0.3 is 0 Å². The van der Waals surface area contributed by atoms with Gasteiger partial charge in [0.05, 0.1) is 5.69 Å². The summed E-state index contributed by atoms with van der Waals surface area (Å²) in [6, 6.07) is 2.03. The molecular weight excluding hydrogens is 374 g/mol. The van der Waals surface area contributed by atoms with E-state index in [9.17, 15) is 18.4 Å². The molecule has 2 fully saturated rings. The summed E-state index contributed by atoms with van der Waals surface area (Å²) < 4.78 is 26.2. The topological polar surface area (TPSA) is 50.3 Å². The Morgan fingerprint density at radius 3 is 2.66 bits per heavy atom. The van der Waals surface area contributed by atoms with Gasteiger partial charge in [0.25, 0.3) is 0 Å². The van der Waals surface area contributed by atoms with Gasteiger partial charge in [-0.25, -0.2) is 8.78 Å². The SMILES string of the molecule is O=C(Cc1cc(C2=CCN(C(=O)C3CC(F)(F)C3)CC2)c2c(n1)CC=C2)C1CC1. The van der Waals surface area contributed by atoms with Crippen molar-refractivity contribution in [1.82, 2.24) is 9.88 Å². The number of hydrogen-bond acceptors (Lipinski definition) is 3. The van der Waals surface area contributed by atoms with E-state index < -0.39 is 11.8 Å². The predicted octanol–water partition coefficient (Wildman–Crippen LogP) is 3.83. The molecule has 0 spiro atoms. The van der Waals surface area contributed by atoms with Crippen LogP contribution in [0.5, 0.6) is 0 Å². The van der Waals surface area contributed by atoms with Gasteiger partial charge in [-0.15, -0.1) is 0 Å². The van der Waals surface area contributed by atoms with Crippen LogP contribution in [0.3, 0.4) is 0 Å². The lowest BCUT2D eigenvalue weighted by Gasteiger charge is -2.38. The average Bonchev–Trinajstić information content (AvgIpc) is 3.43. The van der Waals surface area contributed by atoms with E-state index in [1.165, 1.54) is 0 Å². The first-order valence-corrected chi connectivity index (χ1v) is 10.5. The lowest BCUT2D eigenvalue weighted by Crippen LogP contribution is -2.47. The highest BCUT2D eigenvalue weighted by molar-refractivity contribution is 5.86. The molecule has 4 aliphatic rings. The molecule has 5 rings (SSSR count). The first-order valence-electron chi connectivity index (χ1n) is 10.5. The van der Waals surface area contributed by atoms with Crippen LogP contribution in [-0.2, 0) is 22.4 Å². The zero-order valence-corrected chi connectivity index (χ0v) is 16.3. The van der Waals surface area contributed by atoms with Crippen LogP contribution in [0.4, 0.5) is 8.78 Å². The third kappa shape index (κ3) is 3.65. The minimum absolute atomic E-state index is 0.151. The zero-order valence-electron chi connectivity index (χ0n) is 16.3. The molecule has 3 aliphatic carbocycles. The van der Waals surface area contributed by atoms with E-state index >= 15 is 0 Å². The van der Waals surface area contributed by atoms with Gasteiger partial charge in [-0.05, 0) is 36.5 Å². The number of aromatic nitrogens is 1. The van der Waals surface area contributed by atoms with Gasteiger partial charge in [0.15, 0.2) is 0 Å². The molecule has 4 nitrogen and oxygen atoms in total. The molecule has 2 saturated carbocycles. The second-order valence-corrected chi connectivity index (χ2v) is 8.77. The van der Waals surface area contributed by atoms with Crippen molar-refractivity contribution in [2.75, 3.05) is 13.1 Å². The van der Waals surface area contributed by atoms with Crippen LogP contribution in [0.2, 0.25) is 0 Å². The van der Waals surface area contributed by atoms with Crippen molar-refractivity contribution in [2.24, 2.45) is 11.8 Å². The molecule has 0 unspecified atom stereocenters. The van der Waals surface area contributed by atoms with E-state index in [0.29, 0.717) is 25.9 Å². The maximum Gasteiger partial charge on any atom is 0.249 e. The van der Waals surface area contributed by atoms with Crippen LogP contribution >= 0.6 is 0 Å². The number of hydrogen-bond donors (Lipinski definition) is 0. The van der Waals surface area contributed by atoms with Gasteiger partial charge in [-0.3, -0.25) is 14.6 Å². The van der Waals surface area contributed by atoms with Gasteiger partial charge in [-0.1, -0.05) is 18.2 Å². The van der Waals surface area contributed by atoms with Crippen molar-refractivity contribution >= 4 is 23.3 Å². The van der Waals surface area contributed by atoms with Crippen LogP contribution in [0.1, 0.15) is 54.6 Å². The molecule has 2 heterocycles. The number of halogens is 2. The Morgan fingerprint density at radius 2 is 2.00 bits per heavy atom. The molecule has 1 aliphatic heterocycles. The number of Topliss-reactive ketones (excluding diaryl/α,β-unsaturated/α-hetero) is 1. The summed E-state index contributed by atoms with van der Waals surface area (Å²) in [7, 11) is 0. The van der Waals surface area contributed by atoms with E-state index in [0.717, 1.165) is 47.4 Å². The molecule has 0 bridgehead atoms. The van der Waals surface area contributed by atoms with Crippen molar-refractivity contribution in [2.45, 2.75) is 50.9 Å². The highest BCUT2D eigenvalue weighted by Gasteiger charge is 2.49. The lowest BCUT2D eigenvalue weighted by atomic mass is 9.80. The number of rotatable bonds is 5. The van der Waals surface area contributed by atoms with E-state index in [4.69, 9.17) is 4.98 Å². The van der Waals surface area contributed by atoms with Crippen molar-refractivity contribution in [3.63, 3.8) is 0 Å². The minimum Gasteiger partial charge on any atom is -0.338 e. The van der Waals surface area contributed by atoms with E-state index in [1.54, 1.807) is 4.90 Å². The summed E-state index contributed by atoms with van der Waals surface area (Å²) in [5.41, 5.74) is 5.20. The maximum atomic E-state index is 13.1. The summed E-state index contributed by atoms with van der Waals surface area (Å²) in [5.74, 6) is -2.86. The Balaban J connectivity index is 1.33. The summed E-state index contributed by atoms with van der Waals surface area (Å²) in [6.45, 7) is 0.997. The number of allylic oxidation sites excluding steroid dienone is 1. The number of alkyl halides is 2. The molecule has 29 heavy (non-hydrogen) atoms. The molecule has 6 heteroatoms. The Bertz CT molecular complexity index is 938. The first kappa shape index (κ1) is 18.6. The third-order valence-electron chi connectivity index (χ3n) is 6.48. The quantitative estimate of drug-likeness (QED) is 0.757. The Morgan fingerprint density at radius 1 is 1.21 bits per heavy atom. The normalized spacial score (nSPS) is 22.8. The molecular formula is C23H24F2N2O2. The fourth-order valence-electron chi connectivity index (χ4n) is 4.59. The van der Waals surface area contributed by atoms with Crippen LogP contribution in [0.15, 0.2) is 18.2 Å². The molecule has 0 aromatic carbocycles. The Kier molecular flexibility index (Phi) is 4.41. The molecule has 0 N–H and O–H groups in total. The highest BCUT2D eigenvalue weighted by atomic mass is 19.3. The monoisotopic (exact) mass is 398 g/mol. The second kappa shape index (κ2) is 6.85. The summed E-state index contributed by atoms with van der Waals surface area (Å²) in [6.07, 6.45) is 9.42. The average molecular weight is 398 g/mol. The van der Waals surface area contributed by atoms with Gasteiger partial charge in [0.1, 0.15) is 5.78 Å². The van der Waals surface area contributed by atoms with E-state index in [-0.39, 0.29) is 30.4 Å². The van der Waals surface area contributed by atoms with E-state index in [2.05, 4.69) is 12.2 Å². The Hall–Kier alpha value is -2.37. The minimum atomic E-state index is -2.67. The molecule has 1 aromatic heterocycles. The lowest BCUT2D eigenvalue weighted by molar-refractivity contribution is -0.159. The molecule has 0 radical (unpaired) electrons. The number of nitrogens with zero attached hydrogens (tertiary/aromatic N) is 2. The molecule has 152 valence electrons. The van der Waals surface area contributed by atoms with Crippen molar-refractivity contribution in [3.8, 4) is 0 Å². The molecule has 0 atom stereocenters. The maximum absolute atomic E-state index is 13.1. The fraction of sp³-hybridized carbons (Fsp3) is 0.522. The second-order valence-electron chi connectivity index (χ2n) is 8.77. The number of ketones is 1. The number of pyridine rings is 1. The summed E-state index contributed by atoms with van der Waals surface area (Å²) >= 11 is 0. The number of fused-ring (bicyclic) bond motifs is 1. The van der Waals surface area contributed by atoms with E-state index in [1.807, 2.05) is 12.1 Å². The number of amides is 1. The van der Waals surface area contributed by atoms with Gasteiger partial charge in [-0.2, -0.15) is 0 Å². The number of carbonyl (C=O) groups excluding carboxylic acids is 2. The summed E-state index contributed by atoms with van der Waals surface area (Å²) in [5, 5.41) is 0. The van der Waals surface area contributed by atoms with Crippen molar-refractivity contribution in [1.29, 1.82) is 0 Å². The van der Waals surface area contributed by atoms with Gasteiger partial charge < -0.3 is 4.90 Å². The van der Waals surface area contributed by atoms with Gasteiger partial charge in [0.2, 0.25) is 11.8 Å². The molecule has 0 saturated heterocycles. The van der Waals surface area contributed by atoms with Crippen molar-refractivity contribution in [3.05, 3.63) is 40.7 Å². The number of carbonyl (C=O) groups is 2. The highest BCUT2D eigenvalue weighted by Crippen LogP contribution is 2.43.